The van der Waals surface area contributed by atoms with Gasteiger partial charge in [-0.25, -0.2) is 9.97 Å². The summed E-state index contributed by atoms with van der Waals surface area (Å²) in [6, 6.07) is 7.84. The molecule has 0 unspecified atom stereocenters. The van der Waals surface area contributed by atoms with Crippen LogP contribution in [-0.2, 0) is 6.42 Å². The van der Waals surface area contributed by atoms with Gasteiger partial charge < -0.3 is 9.64 Å². The van der Waals surface area contributed by atoms with Crippen LogP contribution in [0.2, 0.25) is 0 Å². The molecule has 0 aliphatic carbocycles. The summed E-state index contributed by atoms with van der Waals surface area (Å²) >= 11 is 1.33. The lowest BCUT2D eigenvalue weighted by Gasteiger charge is -2.17. The van der Waals surface area contributed by atoms with Gasteiger partial charge >= 0.3 is 0 Å². The standard InChI is InChI=1S/C18H21N5O2S/c1-4-13-15(26-17(21-13)16-19-11-20-22-16)18(24)23(3)9-10-25-14-8-6-5-7-12(14)2/h5-8,11H,4,9-10H2,1-3H3,(H,19,20,22). The summed E-state index contributed by atoms with van der Waals surface area (Å²) in [5.41, 5.74) is 1.85. The van der Waals surface area contributed by atoms with Crippen molar-refractivity contribution >= 4 is 17.2 Å². The van der Waals surface area contributed by atoms with Gasteiger partial charge in [0.2, 0.25) is 0 Å². The average molecular weight is 371 g/mol. The summed E-state index contributed by atoms with van der Waals surface area (Å²) in [6.45, 7) is 4.91. The van der Waals surface area contributed by atoms with E-state index in [0.29, 0.717) is 35.3 Å². The molecule has 0 bridgehead atoms. The highest BCUT2D eigenvalue weighted by Gasteiger charge is 2.21. The van der Waals surface area contributed by atoms with E-state index in [4.69, 9.17) is 4.74 Å². The number of nitrogens with zero attached hydrogens (tertiary/aromatic N) is 4. The van der Waals surface area contributed by atoms with Crippen molar-refractivity contribution in [1.29, 1.82) is 0 Å². The molecule has 0 spiro atoms. The summed E-state index contributed by atoms with van der Waals surface area (Å²) in [5.74, 6) is 1.36. The molecule has 0 saturated carbocycles. The van der Waals surface area contributed by atoms with Crippen LogP contribution in [0.4, 0.5) is 0 Å². The molecule has 1 aromatic carbocycles. The summed E-state index contributed by atoms with van der Waals surface area (Å²) in [7, 11) is 1.77. The third-order valence-corrected chi connectivity index (χ3v) is 5.06. The van der Waals surface area contributed by atoms with Crippen LogP contribution >= 0.6 is 11.3 Å². The number of aryl methyl sites for hydroxylation is 2. The highest BCUT2D eigenvalue weighted by atomic mass is 32.1. The lowest BCUT2D eigenvalue weighted by atomic mass is 10.2. The van der Waals surface area contributed by atoms with E-state index < -0.39 is 0 Å². The second-order valence-electron chi connectivity index (χ2n) is 5.82. The fourth-order valence-corrected chi connectivity index (χ4v) is 3.55. The van der Waals surface area contributed by atoms with Crippen LogP contribution in [0.5, 0.6) is 5.75 Å². The number of thiazole rings is 1. The van der Waals surface area contributed by atoms with Crippen LogP contribution < -0.4 is 4.74 Å². The van der Waals surface area contributed by atoms with E-state index in [2.05, 4.69) is 20.2 Å². The van der Waals surface area contributed by atoms with E-state index >= 15 is 0 Å². The molecule has 136 valence electrons. The number of aromatic nitrogens is 4. The molecule has 26 heavy (non-hydrogen) atoms. The number of carbonyl (C=O) groups is 1. The van der Waals surface area contributed by atoms with Gasteiger partial charge in [-0.05, 0) is 25.0 Å². The molecule has 3 rings (SSSR count). The van der Waals surface area contributed by atoms with Crippen molar-refractivity contribution in [2.24, 2.45) is 0 Å². The molecular weight excluding hydrogens is 350 g/mol. The largest absolute Gasteiger partial charge is 0.491 e. The number of para-hydroxylation sites is 1. The van der Waals surface area contributed by atoms with E-state index in [0.717, 1.165) is 17.0 Å². The minimum absolute atomic E-state index is 0.0569. The molecule has 0 aliphatic heterocycles. The summed E-state index contributed by atoms with van der Waals surface area (Å²) < 4.78 is 5.78. The molecule has 7 nitrogen and oxygen atoms in total. The molecule has 0 saturated heterocycles. The minimum atomic E-state index is -0.0569. The Labute approximate surface area is 156 Å². The van der Waals surface area contributed by atoms with E-state index in [9.17, 15) is 4.79 Å². The Balaban J connectivity index is 1.65. The molecule has 0 radical (unpaired) electrons. The Morgan fingerprint density at radius 3 is 2.85 bits per heavy atom. The lowest BCUT2D eigenvalue weighted by Crippen LogP contribution is -2.31. The molecule has 0 aliphatic rings. The second-order valence-corrected chi connectivity index (χ2v) is 6.82. The van der Waals surface area contributed by atoms with Crippen LogP contribution in [0.3, 0.4) is 0 Å². The maximum Gasteiger partial charge on any atom is 0.265 e. The number of rotatable bonds is 7. The zero-order valence-electron chi connectivity index (χ0n) is 15.0. The number of H-pyrrole nitrogens is 1. The first kappa shape index (κ1) is 18.1. The molecule has 2 heterocycles. The Morgan fingerprint density at radius 1 is 1.35 bits per heavy atom. The monoisotopic (exact) mass is 371 g/mol. The molecule has 0 fully saturated rings. The van der Waals surface area contributed by atoms with Crippen LogP contribution in [-0.4, -0.2) is 51.2 Å². The first-order valence-corrected chi connectivity index (χ1v) is 9.21. The number of aromatic amines is 1. The Kier molecular flexibility index (Phi) is 5.62. The summed E-state index contributed by atoms with van der Waals surface area (Å²) in [4.78, 5) is 23.7. The molecular formula is C18H21N5O2S. The first-order valence-electron chi connectivity index (χ1n) is 8.39. The summed E-state index contributed by atoms with van der Waals surface area (Å²) in [6.07, 6.45) is 2.11. The van der Waals surface area contributed by atoms with Gasteiger partial charge in [0.25, 0.3) is 5.91 Å². The van der Waals surface area contributed by atoms with Crippen molar-refractivity contribution in [1.82, 2.24) is 25.1 Å². The summed E-state index contributed by atoms with van der Waals surface area (Å²) in [5, 5.41) is 7.30. The lowest BCUT2D eigenvalue weighted by molar-refractivity contribution is 0.0777. The predicted octanol–water partition coefficient (Wildman–Crippen LogP) is 2.95. The zero-order valence-corrected chi connectivity index (χ0v) is 15.8. The topological polar surface area (TPSA) is 84.0 Å². The van der Waals surface area contributed by atoms with Gasteiger partial charge in [0.05, 0.1) is 12.2 Å². The van der Waals surface area contributed by atoms with E-state index in [1.165, 1.54) is 17.7 Å². The van der Waals surface area contributed by atoms with Gasteiger partial charge in [-0.15, -0.1) is 11.3 Å². The molecule has 0 atom stereocenters. The van der Waals surface area contributed by atoms with Crippen LogP contribution in [0.1, 0.15) is 27.9 Å². The maximum absolute atomic E-state index is 12.8. The highest BCUT2D eigenvalue weighted by Crippen LogP contribution is 2.27. The molecule has 8 heteroatoms. The number of ether oxygens (including phenoxy) is 1. The van der Waals surface area contributed by atoms with Crippen molar-refractivity contribution < 1.29 is 9.53 Å². The minimum Gasteiger partial charge on any atom is -0.491 e. The third kappa shape index (κ3) is 3.91. The van der Waals surface area contributed by atoms with Gasteiger partial charge in [0.1, 0.15) is 23.6 Å². The van der Waals surface area contributed by atoms with Crippen LogP contribution in [0, 0.1) is 6.92 Å². The van der Waals surface area contributed by atoms with Crippen molar-refractivity contribution in [3.05, 3.63) is 46.7 Å². The van der Waals surface area contributed by atoms with Gasteiger partial charge in [-0.2, -0.15) is 5.10 Å². The normalized spacial score (nSPS) is 10.7. The van der Waals surface area contributed by atoms with E-state index in [1.807, 2.05) is 38.1 Å². The number of amides is 1. The quantitative estimate of drug-likeness (QED) is 0.690. The first-order chi connectivity index (χ1) is 12.6. The van der Waals surface area contributed by atoms with Gasteiger partial charge in [-0.3, -0.25) is 9.89 Å². The maximum atomic E-state index is 12.8. The van der Waals surface area contributed by atoms with Crippen molar-refractivity contribution in [2.75, 3.05) is 20.2 Å². The number of hydrogen-bond donors (Lipinski definition) is 1. The number of nitrogens with one attached hydrogen (secondary N) is 1. The number of likely N-dealkylation sites (N-methyl/N-ethyl adjacent to an activating group) is 1. The molecule has 3 aromatic rings. The fourth-order valence-electron chi connectivity index (χ4n) is 2.45. The van der Waals surface area contributed by atoms with E-state index in [1.54, 1.807) is 11.9 Å². The highest BCUT2D eigenvalue weighted by molar-refractivity contribution is 7.17. The van der Waals surface area contributed by atoms with Gasteiger partial charge in [0, 0.05) is 7.05 Å². The Bertz CT molecular complexity index is 876. The Morgan fingerprint density at radius 2 is 2.15 bits per heavy atom. The van der Waals surface area contributed by atoms with Crippen molar-refractivity contribution in [3.8, 4) is 16.6 Å². The van der Waals surface area contributed by atoms with Crippen molar-refractivity contribution in [2.45, 2.75) is 20.3 Å². The predicted molar refractivity (Wildman–Crippen MR) is 101 cm³/mol. The third-order valence-electron chi connectivity index (χ3n) is 3.97. The average Bonchev–Trinajstić information content (AvgIpc) is 3.31. The van der Waals surface area contributed by atoms with E-state index in [-0.39, 0.29) is 5.91 Å². The smallest absolute Gasteiger partial charge is 0.265 e. The number of hydrogen-bond acceptors (Lipinski definition) is 6. The Hall–Kier alpha value is -2.74. The fraction of sp³-hybridized carbons (Fsp3) is 0.333. The van der Waals surface area contributed by atoms with Gasteiger partial charge in [0.15, 0.2) is 10.8 Å². The van der Waals surface area contributed by atoms with Crippen LogP contribution in [0.15, 0.2) is 30.6 Å². The van der Waals surface area contributed by atoms with Gasteiger partial charge in [-0.1, -0.05) is 25.1 Å². The molecule has 1 amide bonds. The number of carbonyl (C=O) groups excluding carboxylic acids is 1. The van der Waals surface area contributed by atoms with Crippen LogP contribution in [0.25, 0.3) is 10.8 Å². The second kappa shape index (κ2) is 8.09. The molecule has 2 aromatic heterocycles. The SMILES string of the molecule is CCc1nc(-c2ncn[nH]2)sc1C(=O)N(C)CCOc1ccccc1C. The zero-order chi connectivity index (χ0) is 18.5. The van der Waals surface area contributed by atoms with Crippen molar-refractivity contribution in [3.63, 3.8) is 0 Å². The number of benzene rings is 1. The molecule has 1 N–H and O–H groups in total.